The predicted molar refractivity (Wildman–Crippen MR) is 111 cm³/mol. The van der Waals surface area contributed by atoms with Crippen molar-refractivity contribution in [2.75, 3.05) is 7.11 Å². The molecule has 3 aromatic carbocycles. The summed E-state index contributed by atoms with van der Waals surface area (Å²) in [5.41, 5.74) is 1.49. The molecule has 0 aliphatic carbocycles. The number of benzene rings is 3. The molecule has 0 radical (unpaired) electrons. The number of carbonyl (C=O) groups is 1. The lowest BCUT2D eigenvalue weighted by atomic mass is 10.1. The van der Waals surface area contributed by atoms with E-state index >= 15 is 0 Å². The molecule has 1 aromatic heterocycles. The van der Waals surface area contributed by atoms with Crippen LogP contribution in [0.3, 0.4) is 0 Å². The summed E-state index contributed by atoms with van der Waals surface area (Å²) >= 11 is 0. The van der Waals surface area contributed by atoms with Crippen molar-refractivity contribution in [3.8, 4) is 5.75 Å². The van der Waals surface area contributed by atoms with E-state index in [9.17, 15) is 9.59 Å². The van der Waals surface area contributed by atoms with E-state index in [1.807, 2.05) is 54.6 Å². The molecule has 6 nitrogen and oxygen atoms in total. The molecule has 0 fully saturated rings. The number of rotatable bonds is 6. The van der Waals surface area contributed by atoms with Crippen LogP contribution >= 0.6 is 0 Å². The molecule has 0 aliphatic heterocycles. The molecule has 6 heteroatoms. The Kier molecular flexibility index (Phi) is 5.24. The first-order valence-corrected chi connectivity index (χ1v) is 9.31. The van der Waals surface area contributed by atoms with Crippen LogP contribution in [-0.2, 0) is 22.7 Å². The average Bonchev–Trinajstić information content (AvgIpc) is 2.77. The second-order valence-electron chi connectivity index (χ2n) is 6.71. The maximum absolute atomic E-state index is 12.2. The first kappa shape index (κ1) is 18.7. The fourth-order valence-electron chi connectivity index (χ4n) is 3.26. The number of para-hydroxylation sites is 1. The molecule has 29 heavy (non-hydrogen) atoms. The van der Waals surface area contributed by atoms with Gasteiger partial charge in [-0.25, -0.2) is 0 Å². The summed E-state index contributed by atoms with van der Waals surface area (Å²) in [6.45, 7) is 0.552. The Balaban J connectivity index is 1.39. The van der Waals surface area contributed by atoms with Gasteiger partial charge in [0.2, 0.25) is 5.43 Å². The third-order valence-electron chi connectivity index (χ3n) is 4.80. The van der Waals surface area contributed by atoms with Gasteiger partial charge in [-0.2, -0.15) is 5.10 Å². The highest BCUT2D eigenvalue weighted by Crippen LogP contribution is 2.22. The van der Waals surface area contributed by atoms with Crippen LogP contribution in [0.25, 0.3) is 21.7 Å². The molecule has 0 unspecified atom stereocenters. The number of nitrogens with zero attached hydrogens (tertiary/aromatic N) is 2. The molecule has 0 spiro atoms. The number of carbonyl (C=O) groups excluding carboxylic acids is 1. The van der Waals surface area contributed by atoms with Gasteiger partial charge in [-0.1, -0.05) is 30.3 Å². The van der Waals surface area contributed by atoms with Crippen molar-refractivity contribution in [1.29, 1.82) is 0 Å². The zero-order valence-electron chi connectivity index (χ0n) is 16.0. The largest absolute Gasteiger partial charge is 0.497 e. The van der Waals surface area contributed by atoms with Crippen LogP contribution in [0.1, 0.15) is 12.0 Å². The van der Waals surface area contributed by atoms with Gasteiger partial charge in [0, 0.05) is 5.39 Å². The summed E-state index contributed by atoms with van der Waals surface area (Å²) in [5.74, 6) is 0.490. The summed E-state index contributed by atoms with van der Waals surface area (Å²) in [6, 6.07) is 19.0. The van der Waals surface area contributed by atoms with Gasteiger partial charge in [-0.3, -0.25) is 14.3 Å². The van der Waals surface area contributed by atoms with Crippen LogP contribution in [0.5, 0.6) is 5.75 Å². The molecule has 0 saturated carbocycles. The van der Waals surface area contributed by atoms with E-state index in [0.717, 1.165) is 22.1 Å². The number of aryl methyl sites for hydroxylation is 1. The lowest BCUT2D eigenvalue weighted by Crippen LogP contribution is -2.15. The first-order chi connectivity index (χ1) is 14.1. The van der Waals surface area contributed by atoms with Gasteiger partial charge in [-0.05, 0) is 46.7 Å². The molecular formula is C23H20N2O4. The van der Waals surface area contributed by atoms with E-state index in [0.29, 0.717) is 17.4 Å². The standard InChI is InChI=1S/C23H20N2O4/c1-28-19-9-8-17-12-16(6-7-18(17)13-19)15-29-23(27)10-11-25-21-5-3-2-4-20(21)22(26)14-24-25/h2-9,12-14H,10-11,15H2,1H3. The zero-order valence-corrected chi connectivity index (χ0v) is 16.0. The van der Waals surface area contributed by atoms with Crippen LogP contribution in [0.15, 0.2) is 71.7 Å². The monoisotopic (exact) mass is 388 g/mol. The van der Waals surface area contributed by atoms with Gasteiger partial charge >= 0.3 is 5.97 Å². The van der Waals surface area contributed by atoms with Gasteiger partial charge in [-0.15, -0.1) is 0 Å². The zero-order chi connectivity index (χ0) is 20.2. The smallest absolute Gasteiger partial charge is 0.308 e. The van der Waals surface area contributed by atoms with E-state index in [4.69, 9.17) is 9.47 Å². The number of hydrogen-bond acceptors (Lipinski definition) is 5. The van der Waals surface area contributed by atoms with Crippen molar-refractivity contribution in [3.63, 3.8) is 0 Å². The Morgan fingerprint density at radius 1 is 1.03 bits per heavy atom. The number of methoxy groups -OCH3 is 1. The SMILES string of the molecule is COc1ccc2cc(COC(=O)CCn3ncc(=O)c4ccccc43)ccc2c1. The molecular weight excluding hydrogens is 368 g/mol. The third kappa shape index (κ3) is 4.11. The first-order valence-electron chi connectivity index (χ1n) is 9.31. The highest BCUT2D eigenvalue weighted by Gasteiger charge is 2.08. The van der Waals surface area contributed by atoms with E-state index in [1.54, 1.807) is 17.9 Å². The van der Waals surface area contributed by atoms with Gasteiger partial charge in [0.1, 0.15) is 12.4 Å². The highest BCUT2D eigenvalue weighted by atomic mass is 16.5. The van der Waals surface area contributed by atoms with Crippen molar-refractivity contribution in [2.24, 2.45) is 0 Å². The summed E-state index contributed by atoms with van der Waals surface area (Å²) in [5, 5.41) is 6.84. The summed E-state index contributed by atoms with van der Waals surface area (Å²) in [4.78, 5) is 24.1. The molecule has 4 rings (SSSR count). The van der Waals surface area contributed by atoms with Crippen LogP contribution in [0.2, 0.25) is 0 Å². The topological polar surface area (TPSA) is 70.4 Å². The molecule has 0 saturated heterocycles. The molecule has 146 valence electrons. The Bertz CT molecular complexity index is 1250. The van der Waals surface area contributed by atoms with E-state index in [2.05, 4.69) is 5.10 Å². The van der Waals surface area contributed by atoms with Gasteiger partial charge in [0.15, 0.2) is 0 Å². The predicted octanol–water partition coefficient (Wildman–Crippen LogP) is 3.69. The van der Waals surface area contributed by atoms with Gasteiger partial charge < -0.3 is 9.47 Å². The van der Waals surface area contributed by atoms with Crippen LogP contribution in [0.4, 0.5) is 0 Å². The minimum atomic E-state index is -0.315. The summed E-state index contributed by atoms with van der Waals surface area (Å²) < 4.78 is 12.3. The second kappa shape index (κ2) is 8.14. The molecule has 0 bridgehead atoms. The normalized spacial score (nSPS) is 10.9. The Hall–Kier alpha value is -3.67. The highest BCUT2D eigenvalue weighted by molar-refractivity contribution is 5.84. The Morgan fingerprint density at radius 3 is 2.69 bits per heavy atom. The number of esters is 1. The maximum Gasteiger partial charge on any atom is 0.308 e. The van der Waals surface area contributed by atoms with Crippen molar-refractivity contribution in [3.05, 3.63) is 82.6 Å². The quantitative estimate of drug-likeness (QED) is 0.471. The molecule has 0 amide bonds. The van der Waals surface area contributed by atoms with Gasteiger partial charge in [0.25, 0.3) is 0 Å². The number of hydrogen-bond donors (Lipinski definition) is 0. The van der Waals surface area contributed by atoms with Crippen molar-refractivity contribution >= 4 is 27.6 Å². The van der Waals surface area contributed by atoms with Crippen molar-refractivity contribution in [1.82, 2.24) is 9.78 Å². The van der Waals surface area contributed by atoms with Crippen molar-refractivity contribution < 1.29 is 14.3 Å². The lowest BCUT2D eigenvalue weighted by molar-refractivity contribution is -0.145. The lowest BCUT2D eigenvalue weighted by Gasteiger charge is -2.10. The number of ether oxygens (including phenoxy) is 2. The number of aromatic nitrogens is 2. The molecule has 1 heterocycles. The minimum absolute atomic E-state index is 0.131. The minimum Gasteiger partial charge on any atom is -0.497 e. The molecule has 0 N–H and O–H groups in total. The van der Waals surface area contributed by atoms with E-state index < -0.39 is 0 Å². The third-order valence-corrected chi connectivity index (χ3v) is 4.80. The maximum atomic E-state index is 12.2. The fraction of sp³-hybridized carbons (Fsp3) is 0.174. The van der Waals surface area contributed by atoms with Crippen LogP contribution in [0, 0.1) is 0 Å². The summed E-state index contributed by atoms with van der Waals surface area (Å²) in [7, 11) is 1.64. The molecule has 0 aliphatic rings. The Labute approximate surface area is 167 Å². The Morgan fingerprint density at radius 2 is 1.83 bits per heavy atom. The average molecular weight is 388 g/mol. The molecule has 0 atom stereocenters. The van der Waals surface area contributed by atoms with E-state index in [1.165, 1.54) is 6.20 Å². The van der Waals surface area contributed by atoms with E-state index in [-0.39, 0.29) is 24.4 Å². The second-order valence-corrected chi connectivity index (χ2v) is 6.71. The fourth-order valence-corrected chi connectivity index (χ4v) is 3.26. The molecule has 4 aromatic rings. The van der Waals surface area contributed by atoms with Crippen LogP contribution in [-0.4, -0.2) is 22.9 Å². The van der Waals surface area contributed by atoms with Crippen LogP contribution < -0.4 is 10.2 Å². The summed E-state index contributed by atoms with van der Waals surface area (Å²) in [6.07, 6.45) is 1.45. The number of fused-ring (bicyclic) bond motifs is 2. The van der Waals surface area contributed by atoms with Crippen molar-refractivity contribution in [2.45, 2.75) is 19.6 Å². The van der Waals surface area contributed by atoms with Gasteiger partial charge in [0.05, 0.1) is 31.8 Å².